The molecule has 5 nitrogen and oxygen atoms in total. The first-order valence-electron chi connectivity index (χ1n) is 11.8. The van der Waals surface area contributed by atoms with Crippen LogP contribution >= 0.6 is 0 Å². The van der Waals surface area contributed by atoms with E-state index in [1.165, 1.54) is 17.7 Å². The van der Waals surface area contributed by atoms with E-state index in [4.69, 9.17) is 5.73 Å². The number of aliphatic hydroxyl groups excluding tert-OH is 1. The van der Waals surface area contributed by atoms with Gasteiger partial charge in [0.1, 0.15) is 11.6 Å². The van der Waals surface area contributed by atoms with E-state index in [9.17, 15) is 14.3 Å². The van der Waals surface area contributed by atoms with Gasteiger partial charge in [-0.1, -0.05) is 31.5 Å². The quantitative estimate of drug-likeness (QED) is 0.365. The predicted octanol–water partition coefficient (Wildman–Crippen LogP) is 5.77. The Morgan fingerprint density at radius 2 is 1.82 bits per heavy atom. The van der Waals surface area contributed by atoms with Gasteiger partial charge < -0.3 is 10.8 Å². The maximum absolute atomic E-state index is 13.2. The molecule has 3 N–H and O–H groups in total. The average molecular weight is 464 g/mol. The van der Waals surface area contributed by atoms with Gasteiger partial charge in [-0.25, -0.2) is 4.39 Å². The smallest absolute Gasteiger partial charge is 0.167 e. The van der Waals surface area contributed by atoms with Crippen LogP contribution in [0.5, 0.6) is 0 Å². The molecule has 6 heteroatoms. The third-order valence-corrected chi connectivity index (χ3v) is 6.40. The van der Waals surface area contributed by atoms with Gasteiger partial charge in [0.2, 0.25) is 0 Å². The minimum atomic E-state index is -0.327. The molecule has 180 valence electrons. The fourth-order valence-corrected chi connectivity index (χ4v) is 4.65. The van der Waals surface area contributed by atoms with Gasteiger partial charge in [-0.15, -0.1) is 0 Å². The Labute approximate surface area is 201 Å². The zero-order chi connectivity index (χ0) is 24.8. The summed E-state index contributed by atoms with van der Waals surface area (Å²) < 4.78 is 13.2. The van der Waals surface area contributed by atoms with Crippen molar-refractivity contribution in [2.75, 3.05) is 6.54 Å². The van der Waals surface area contributed by atoms with Crippen LogP contribution in [0.4, 0.5) is 4.39 Å². The lowest BCUT2D eigenvalue weighted by Gasteiger charge is -2.27. The molecule has 0 spiro atoms. The molecule has 0 saturated heterocycles. The lowest BCUT2D eigenvalue weighted by atomic mass is 9.79. The Bertz CT molecular complexity index is 1090. The van der Waals surface area contributed by atoms with Crippen LogP contribution in [-0.2, 0) is 17.6 Å². The summed E-state index contributed by atoms with van der Waals surface area (Å²) >= 11 is 0. The zero-order valence-electron chi connectivity index (χ0n) is 20.3. The highest BCUT2D eigenvalue weighted by atomic mass is 19.1. The van der Waals surface area contributed by atoms with Crippen molar-refractivity contribution in [2.24, 2.45) is 16.8 Å². The van der Waals surface area contributed by atoms with Gasteiger partial charge in [0.15, 0.2) is 5.78 Å². The van der Waals surface area contributed by atoms with Gasteiger partial charge in [-0.3, -0.25) is 9.80 Å². The molecule has 2 aromatic rings. The first kappa shape index (κ1) is 25.2. The molecule has 1 aliphatic carbocycles. The maximum Gasteiger partial charge on any atom is 0.167 e. The van der Waals surface area contributed by atoms with Gasteiger partial charge >= 0.3 is 0 Å². The topological polar surface area (TPSA) is 78.9 Å². The van der Waals surface area contributed by atoms with Crippen molar-refractivity contribution in [1.82, 2.24) is 5.01 Å². The van der Waals surface area contributed by atoms with Crippen LogP contribution in [0.1, 0.15) is 60.9 Å². The molecule has 1 unspecified atom stereocenters. The number of Topliss-reactive ketones (excluding diaryl/α,β-unsaturated/α-hetero) is 1. The van der Waals surface area contributed by atoms with Gasteiger partial charge in [0.25, 0.3) is 0 Å². The van der Waals surface area contributed by atoms with Gasteiger partial charge in [0, 0.05) is 32.3 Å². The number of allylic oxidation sites excluding steroid dienone is 2. The molecule has 3 rings (SSSR count). The summed E-state index contributed by atoms with van der Waals surface area (Å²) in [6, 6.07) is 10.1. The molecule has 0 aliphatic heterocycles. The van der Waals surface area contributed by atoms with Crippen LogP contribution in [0.3, 0.4) is 0 Å². The number of carbonyl (C=O) groups excluding carboxylic acids is 1. The number of rotatable bonds is 9. The number of benzene rings is 2. The second-order valence-corrected chi connectivity index (χ2v) is 8.87. The van der Waals surface area contributed by atoms with E-state index < -0.39 is 0 Å². The fraction of sp³-hybridized carbons (Fsp3) is 0.357. The summed E-state index contributed by atoms with van der Waals surface area (Å²) in [5, 5.41) is 16.6. The van der Waals surface area contributed by atoms with E-state index in [0.29, 0.717) is 42.6 Å². The molecule has 0 saturated carbocycles. The van der Waals surface area contributed by atoms with Crippen molar-refractivity contribution < 1.29 is 14.3 Å². The van der Waals surface area contributed by atoms with E-state index in [0.717, 1.165) is 29.5 Å². The Kier molecular flexibility index (Phi) is 8.26. The van der Waals surface area contributed by atoms with E-state index in [2.05, 4.69) is 44.7 Å². The van der Waals surface area contributed by atoms with E-state index >= 15 is 0 Å². The zero-order valence-corrected chi connectivity index (χ0v) is 20.3. The number of hydrogen-bond donors (Lipinski definition) is 2. The molecule has 0 heterocycles. The van der Waals surface area contributed by atoms with E-state index in [1.54, 1.807) is 23.3 Å². The molecule has 0 radical (unpaired) electrons. The first-order chi connectivity index (χ1) is 16.3. The number of hydrazone groups is 1. The second kappa shape index (κ2) is 11.1. The molecule has 0 amide bonds. The number of aryl methyl sites for hydroxylation is 3. The van der Waals surface area contributed by atoms with Crippen molar-refractivity contribution in [3.05, 3.63) is 82.0 Å². The Balaban J connectivity index is 1.75. The minimum Gasteiger partial charge on any atom is -0.512 e. The monoisotopic (exact) mass is 463 g/mol. The fourth-order valence-electron chi connectivity index (χ4n) is 4.65. The number of ketones is 1. The number of aliphatic hydroxyl groups is 1. The number of carbonyl (C=O) groups is 1. The van der Waals surface area contributed by atoms with Crippen LogP contribution < -0.4 is 5.73 Å². The summed E-state index contributed by atoms with van der Waals surface area (Å²) in [5.74, 6) is -0.163. The van der Waals surface area contributed by atoms with Crippen molar-refractivity contribution in [1.29, 1.82) is 0 Å². The number of nitrogens with two attached hydrogens (primary N) is 1. The third-order valence-electron chi connectivity index (χ3n) is 6.40. The lowest BCUT2D eigenvalue weighted by molar-refractivity contribution is -0.115. The predicted molar refractivity (Wildman–Crippen MR) is 137 cm³/mol. The second-order valence-electron chi connectivity index (χ2n) is 8.87. The first-order valence-corrected chi connectivity index (χ1v) is 11.8. The van der Waals surface area contributed by atoms with E-state index in [1.807, 2.05) is 0 Å². The largest absolute Gasteiger partial charge is 0.512 e. The molecular formula is C28H34FN3O2. The van der Waals surface area contributed by atoms with Crippen molar-refractivity contribution in [3.63, 3.8) is 0 Å². The highest BCUT2D eigenvalue weighted by molar-refractivity contribution is 6.22. The standard InChI is InChI=1S/C28H34FN3O2/c1-5-20-13-18(3)14-21(6-2)27(20)28-25(33)15-19(16-26(28)34)11-12-32(31-4)17-24(30)22-7-9-23(29)10-8-22/h7-10,13-14,17,19,33H,4-6,11-12,15-16,30H2,1-3H3/b24-17-. The molecule has 0 fully saturated rings. The highest BCUT2D eigenvalue weighted by Gasteiger charge is 2.31. The van der Waals surface area contributed by atoms with Crippen molar-refractivity contribution in [3.8, 4) is 0 Å². The minimum absolute atomic E-state index is 0.00143. The Morgan fingerprint density at radius 1 is 1.21 bits per heavy atom. The molecule has 2 aromatic carbocycles. The molecule has 0 bridgehead atoms. The molecular weight excluding hydrogens is 429 g/mol. The molecule has 0 aromatic heterocycles. The van der Waals surface area contributed by atoms with Crippen LogP contribution in [0.25, 0.3) is 11.3 Å². The summed E-state index contributed by atoms with van der Waals surface area (Å²) in [7, 11) is 0. The summed E-state index contributed by atoms with van der Waals surface area (Å²) in [4.78, 5) is 13.2. The SMILES string of the molecule is C=NN(/C=C(\N)c1ccc(F)cc1)CCC1CC(=O)C(c2c(CC)cc(C)cc2CC)=C(O)C1. The van der Waals surface area contributed by atoms with Crippen LogP contribution in [-0.4, -0.2) is 29.2 Å². The van der Waals surface area contributed by atoms with Gasteiger partial charge in [-0.05, 0) is 78.6 Å². The highest BCUT2D eigenvalue weighted by Crippen LogP contribution is 2.37. The molecule has 1 aliphatic rings. The maximum atomic E-state index is 13.2. The third kappa shape index (κ3) is 5.74. The number of hydrogen-bond acceptors (Lipinski definition) is 5. The van der Waals surface area contributed by atoms with Gasteiger partial charge in [-0.2, -0.15) is 5.10 Å². The summed E-state index contributed by atoms with van der Waals surface area (Å²) in [5.41, 5.74) is 12.0. The van der Waals surface area contributed by atoms with E-state index in [-0.39, 0.29) is 23.3 Å². The van der Waals surface area contributed by atoms with Gasteiger partial charge in [0.05, 0.1) is 11.3 Å². The Hall–Kier alpha value is -3.41. The number of halogens is 1. The molecule has 1 atom stereocenters. The molecule has 34 heavy (non-hydrogen) atoms. The normalized spacial score (nSPS) is 16.6. The van der Waals surface area contributed by atoms with Crippen molar-refractivity contribution in [2.45, 2.75) is 52.9 Å². The summed E-state index contributed by atoms with van der Waals surface area (Å²) in [6.07, 6.45) is 4.73. The van der Waals surface area contributed by atoms with Crippen molar-refractivity contribution >= 4 is 23.8 Å². The summed E-state index contributed by atoms with van der Waals surface area (Å²) in [6.45, 7) is 10.3. The van der Waals surface area contributed by atoms with Crippen LogP contribution in [0, 0.1) is 18.7 Å². The van der Waals surface area contributed by atoms with Crippen LogP contribution in [0.15, 0.2) is 53.5 Å². The Morgan fingerprint density at radius 3 is 2.35 bits per heavy atom. The van der Waals surface area contributed by atoms with Crippen LogP contribution in [0.2, 0.25) is 0 Å². The average Bonchev–Trinajstić information content (AvgIpc) is 2.81. The lowest BCUT2D eigenvalue weighted by Crippen LogP contribution is -2.24. The number of nitrogens with zero attached hydrogens (tertiary/aromatic N) is 2.